The Morgan fingerprint density at radius 2 is 1.49 bits per heavy atom. The van der Waals surface area contributed by atoms with Gasteiger partial charge in [-0.15, -0.1) is 0 Å². The van der Waals surface area contributed by atoms with Gasteiger partial charge in [0.15, 0.2) is 0 Å². The van der Waals surface area contributed by atoms with Crippen molar-refractivity contribution in [1.29, 1.82) is 0 Å². The molecule has 0 saturated carbocycles. The molecular formula is C28H28N2O5S2. The molecule has 0 atom stereocenters. The van der Waals surface area contributed by atoms with Crippen LogP contribution in [0.2, 0.25) is 0 Å². The van der Waals surface area contributed by atoms with E-state index in [9.17, 15) is 9.59 Å². The second-order valence-corrected chi connectivity index (χ2v) is 9.70. The number of carbonyl (C=O) groups is 2. The number of aliphatic carboxylic acids is 1. The molecule has 0 unspecified atom stereocenters. The standard InChI is InChI=1S/C14H13NO2S.C8H9NO.C6H6O2S/c16-14(9-11-5-8-18-10-11)15-6-7-17-13-4-2-1-3-12(13)15;1-2-4-8-7(3-1)9-5-6-10-8;7-6(8)3-5-1-2-9-4-5/h1-5,8,10H,6-7,9H2;1-4,9H,5-6H2;1-2,4H,3H2,(H,7,8). The van der Waals surface area contributed by atoms with E-state index in [0.29, 0.717) is 19.6 Å². The normalized spacial score (nSPS) is 13.0. The number of nitrogens with one attached hydrogen (secondary N) is 1. The lowest BCUT2D eigenvalue weighted by molar-refractivity contribution is -0.136. The van der Waals surface area contributed by atoms with Crippen LogP contribution in [0, 0.1) is 0 Å². The lowest BCUT2D eigenvalue weighted by Crippen LogP contribution is -2.38. The lowest BCUT2D eigenvalue weighted by Gasteiger charge is -2.29. The second-order valence-electron chi connectivity index (χ2n) is 8.14. The summed E-state index contributed by atoms with van der Waals surface area (Å²) >= 11 is 3.14. The van der Waals surface area contributed by atoms with Gasteiger partial charge in [0.25, 0.3) is 0 Å². The number of rotatable bonds is 4. The first-order valence-electron chi connectivity index (χ1n) is 11.8. The van der Waals surface area contributed by atoms with Crippen molar-refractivity contribution in [3.63, 3.8) is 0 Å². The van der Waals surface area contributed by atoms with E-state index in [0.717, 1.165) is 47.2 Å². The summed E-state index contributed by atoms with van der Waals surface area (Å²) in [4.78, 5) is 24.2. The fraction of sp³-hybridized carbons (Fsp3) is 0.214. The summed E-state index contributed by atoms with van der Waals surface area (Å²) in [5.74, 6) is 1.12. The summed E-state index contributed by atoms with van der Waals surface area (Å²) in [6, 6.07) is 19.5. The fourth-order valence-corrected chi connectivity index (χ4v) is 5.08. The zero-order chi connectivity index (χ0) is 25.9. The molecule has 2 aromatic carbocycles. The smallest absolute Gasteiger partial charge is 0.307 e. The van der Waals surface area contributed by atoms with Crippen molar-refractivity contribution >= 4 is 45.9 Å². The monoisotopic (exact) mass is 536 g/mol. The van der Waals surface area contributed by atoms with Gasteiger partial charge in [-0.2, -0.15) is 22.7 Å². The van der Waals surface area contributed by atoms with Crippen molar-refractivity contribution in [3.05, 3.63) is 93.3 Å². The molecule has 4 heterocycles. The third kappa shape index (κ3) is 7.83. The van der Waals surface area contributed by atoms with Gasteiger partial charge >= 0.3 is 5.97 Å². The number of hydrogen-bond acceptors (Lipinski definition) is 7. The second kappa shape index (κ2) is 13.5. The first kappa shape index (κ1) is 26.2. The predicted octanol–water partition coefficient (Wildman–Crippen LogP) is 5.58. The third-order valence-electron chi connectivity index (χ3n) is 5.46. The number of anilines is 2. The molecule has 7 nitrogen and oxygen atoms in total. The Morgan fingerprint density at radius 3 is 2.16 bits per heavy atom. The van der Waals surface area contributed by atoms with E-state index < -0.39 is 5.97 Å². The van der Waals surface area contributed by atoms with Gasteiger partial charge in [0.2, 0.25) is 5.91 Å². The topological polar surface area (TPSA) is 88.1 Å². The highest BCUT2D eigenvalue weighted by atomic mass is 32.1. The van der Waals surface area contributed by atoms with Gasteiger partial charge in [-0.1, -0.05) is 24.3 Å². The fourth-order valence-electron chi connectivity index (χ4n) is 3.74. The maximum Gasteiger partial charge on any atom is 0.307 e. The first-order chi connectivity index (χ1) is 18.1. The zero-order valence-electron chi connectivity index (χ0n) is 20.2. The summed E-state index contributed by atoms with van der Waals surface area (Å²) in [7, 11) is 0. The number of nitrogens with zero attached hydrogens (tertiary/aromatic N) is 1. The number of benzene rings is 2. The highest BCUT2D eigenvalue weighted by Crippen LogP contribution is 2.31. The van der Waals surface area contributed by atoms with E-state index >= 15 is 0 Å². The van der Waals surface area contributed by atoms with E-state index in [1.54, 1.807) is 11.3 Å². The van der Waals surface area contributed by atoms with Crippen molar-refractivity contribution < 1.29 is 24.2 Å². The van der Waals surface area contributed by atoms with E-state index in [1.807, 2.05) is 87.1 Å². The molecule has 2 aromatic heterocycles. The van der Waals surface area contributed by atoms with Crippen LogP contribution in [0.5, 0.6) is 11.5 Å². The molecule has 0 radical (unpaired) electrons. The molecular weight excluding hydrogens is 508 g/mol. The van der Waals surface area contributed by atoms with Crippen molar-refractivity contribution in [2.24, 2.45) is 0 Å². The Hall–Kier alpha value is -3.82. The number of carboxylic acid groups (broad SMARTS) is 1. The summed E-state index contributed by atoms with van der Waals surface area (Å²) in [5, 5.41) is 19.3. The summed E-state index contributed by atoms with van der Waals surface area (Å²) in [6.45, 7) is 2.88. The minimum atomic E-state index is -0.770. The number of hydrogen-bond donors (Lipinski definition) is 2. The zero-order valence-corrected chi connectivity index (χ0v) is 21.8. The molecule has 6 rings (SSSR count). The molecule has 9 heteroatoms. The lowest BCUT2D eigenvalue weighted by atomic mass is 10.2. The maximum absolute atomic E-state index is 12.3. The summed E-state index contributed by atoms with van der Waals surface area (Å²) in [5.41, 5.74) is 3.94. The Kier molecular flexibility index (Phi) is 9.56. The molecule has 0 fully saturated rings. The molecule has 0 spiro atoms. The number of carbonyl (C=O) groups excluding carboxylic acids is 1. The van der Waals surface area contributed by atoms with Gasteiger partial charge in [0, 0.05) is 6.54 Å². The number of carboxylic acids is 1. The number of fused-ring (bicyclic) bond motifs is 2. The van der Waals surface area contributed by atoms with Crippen molar-refractivity contribution in [2.45, 2.75) is 12.8 Å². The largest absolute Gasteiger partial charge is 0.490 e. The van der Waals surface area contributed by atoms with Gasteiger partial charge in [0.05, 0.1) is 30.8 Å². The number of ether oxygens (including phenoxy) is 2. The highest BCUT2D eigenvalue weighted by Gasteiger charge is 2.23. The Labute approximate surface area is 223 Å². The van der Waals surface area contributed by atoms with Crippen molar-refractivity contribution in [1.82, 2.24) is 0 Å². The van der Waals surface area contributed by atoms with Crippen LogP contribution in [-0.4, -0.2) is 43.3 Å². The summed E-state index contributed by atoms with van der Waals surface area (Å²) in [6.07, 6.45) is 0.599. The van der Waals surface area contributed by atoms with Gasteiger partial charge in [-0.3, -0.25) is 9.59 Å². The molecule has 192 valence electrons. The molecule has 2 aliphatic heterocycles. The predicted molar refractivity (Wildman–Crippen MR) is 148 cm³/mol. The van der Waals surface area contributed by atoms with Gasteiger partial charge in [-0.25, -0.2) is 0 Å². The maximum atomic E-state index is 12.3. The molecule has 1 amide bonds. The van der Waals surface area contributed by atoms with E-state index in [-0.39, 0.29) is 12.3 Å². The Morgan fingerprint density at radius 1 is 0.838 bits per heavy atom. The molecule has 4 aromatic rings. The molecule has 0 saturated heterocycles. The van der Waals surface area contributed by atoms with Gasteiger partial charge in [0.1, 0.15) is 24.7 Å². The number of para-hydroxylation sites is 4. The van der Waals surface area contributed by atoms with Crippen LogP contribution in [0.1, 0.15) is 11.1 Å². The van der Waals surface area contributed by atoms with Crippen LogP contribution in [0.15, 0.2) is 82.2 Å². The summed E-state index contributed by atoms with van der Waals surface area (Å²) < 4.78 is 10.9. The minimum absolute atomic E-state index is 0.129. The van der Waals surface area contributed by atoms with E-state index in [2.05, 4.69) is 5.32 Å². The molecule has 0 aliphatic carbocycles. The van der Waals surface area contributed by atoms with Crippen LogP contribution in [0.25, 0.3) is 0 Å². The number of amides is 1. The van der Waals surface area contributed by atoms with Crippen molar-refractivity contribution in [3.8, 4) is 11.5 Å². The quantitative estimate of drug-likeness (QED) is 0.354. The van der Waals surface area contributed by atoms with Gasteiger partial charge in [-0.05, 0) is 69.0 Å². The van der Waals surface area contributed by atoms with Gasteiger partial charge < -0.3 is 24.8 Å². The Balaban J connectivity index is 0.000000143. The average Bonchev–Trinajstić information content (AvgIpc) is 3.63. The van der Waals surface area contributed by atoms with Crippen molar-refractivity contribution in [2.75, 3.05) is 36.5 Å². The van der Waals surface area contributed by atoms with E-state index in [4.69, 9.17) is 14.6 Å². The average molecular weight is 537 g/mol. The molecule has 0 bridgehead atoms. The highest BCUT2D eigenvalue weighted by molar-refractivity contribution is 7.08. The third-order valence-corrected chi connectivity index (χ3v) is 6.93. The first-order valence-corrected chi connectivity index (χ1v) is 13.7. The SMILES string of the molecule is O=C(Cc1ccsc1)N1CCOc2ccccc21.O=C(O)Cc1ccsc1.c1ccc2c(c1)NCCO2. The van der Waals surface area contributed by atoms with E-state index in [1.165, 1.54) is 11.3 Å². The van der Waals surface area contributed by atoms with Crippen LogP contribution < -0.4 is 19.7 Å². The van der Waals surface area contributed by atoms with Crippen LogP contribution >= 0.6 is 22.7 Å². The molecule has 2 N–H and O–H groups in total. The Bertz CT molecular complexity index is 1250. The molecule has 2 aliphatic rings. The molecule has 37 heavy (non-hydrogen) atoms. The van der Waals surface area contributed by atoms with Crippen LogP contribution in [0.3, 0.4) is 0 Å². The number of thiophene rings is 2. The van der Waals surface area contributed by atoms with Crippen LogP contribution in [-0.2, 0) is 22.4 Å². The minimum Gasteiger partial charge on any atom is -0.490 e. The van der Waals surface area contributed by atoms with Crippen LogP contribution in [0.4, 0.5) is 11.4 Å².